The largest absolute Gasteiger partial charge is 0.306 e. The summed E-state index contributed by atoms with van der Waals surface area (Å²) in [7, 11) is 0. The second kappa shape index (κ2) is 6.48. The molecule has 0 aliphatic rings. The molecule has 2 aromatic rings. The molecule has 2 rings (SSSR count). The Bertz CT molecular complexity index is 504. The van der Waals surface area contributed by atoms with E-state index >= 15 is 0 Å². The summed E-state index contributed by atoms with van der Waals surface area (Å²) in [6.07, 6.45) is 5.04. The summed E-state index contributed by atoms with van der Waals surface area (Å²) < 4.78 is 14.8. The van der Waals surface area contributed by atoms with Crippen LogP contribution in [0.15, 0.2) is 36.7 Å². The monoisotopic (exact) mass is 261 g/mol. The van der Waals surface area contributed by atoms with Crippen molar-refractivity contribution in [2.45, 2.75) is 39.4 Å². The summed E-state index contributed by atoms with van der Waals surface area (Å²) in [6, 6.07) is 6.80. The van der Waals surface area contributed by atoms with Gasteiger partial charge in [-0.25, -0.2) is 4.39 Å². The number of nitrogens with zero attached hydrogens (tertiary/aromatic N) is 2. The van der Waals surface area contributed by atoms with E-state index in [4.69, 9.17) is 0 Å². The Labute approximate surface area is 113 Å². The third-order valence-corrected chi connectivity index (χ3v) is 3.12. The van der Waals surface area contributed by atoms with Gasteiger partial charge >= 0.3 is 0 Å². The van der Waals surface area contributed by atoms with E-state index in [1.54, 1.807) is 0 Å². The van der Waals surface area contributed by atoms with Crippen molar-refractivity contribution in [2.75, 3.05) is 0 Å². The number of benzene rings is 1. The van der Waals surface area contributed by atoms with E-state index in [0.29, 0.717) is 0 Å². The molecule has 0 saturated heterocycles. The van der Waals surface area contributed by atoms with E-state index in [1.165, 1.54) is 17.7 Å². The maximum Gasteiger partial charge on any atom is 0.123 e. The van der Waals surface area contributed by atoms with Crippen LogP contribution in [0.4, 0.5) is 4.39 Å². The van der Waals surface area contributed by atoms with Crippen LogP contribution >= 0.6 is 0 Å². The Hall–Kier alpha value is -1.68. The van der Waals surface area contributed by atoms with Crippen LogP contribution in [0.5, 0.6) is 0 Å². The van der Waals surface area contributed by atoms with Crippen LogP contribution in [-0.4, -0.2) is 9.78 Å². The van der Waals surface area contributed by atoms with Crippen molar-refractivity contribution in [3.05, 3.63) is 53.6 Å². The second-order valence-electron chi connectivity index (χ2n) is 4.77. The Morgan fingerprint density at radius 1 is 1.32 bits per heavy atom. The van der Waals surface area contributed by atoms with E-state index in [2.05, 4.69) is 30.5 Å². The van der Waals surface area contributed by atoms with Crippen LogP contribution in [0, 0.1) is 5.82 Å². The van der Waals surface area contributed by atoms with Crippen molar-refractivity contribution in [1.82, 2.24) is 15.1 Å². The Kier molecular flexibility index (Phi) is 4.68. The molecule has 0 fully saturated rings. The number of aryl methyl sites for hydroxylation is 1. The van der Waals surface area contributed by atoms with Crippen LogP contribution in [0.25, 0.3) is 0 Å². The highest BCUT2D eigenvalue weighted by Crippen LogP contribution is 2.13. The second-order valence-corrected chi connectivity index (χ2v) is 4.77. The fourth-order valence-electron chi connectivity index (χ4n) is 1.99. The minimum Gasteiger partial charge on any atom is -0.306 e. The predicted molar refractivity (Wildman–Crippen MR) is 74.2 cm³/mol. The first-order valence-electron chi connectivity index (χ1n) is 6.69. The van der Waals surface area contributed by atoms with Crippen molar-refractivity contribution in [2.24, 2.45) is 0 Å². The number of hydrogen-bond acceptors (Lipinski definition) is 2. The van der Waals surface area contributed by atoms with E-state index < -0.39 is 0 Å². The van der Waals surface area contributed by atoms with E-state index in [0.717, 1.165) is 25.1 Å². The average molecular weight is 261 g/mol. The molecule has 0 unspecified atom stereocenters. The molecule has 1 atom stereocenters. The SMILES string of the molecule is CCCn1cc(CN[C@@H](C)c2ccc(F)cc2)cn1. The Balaban J connectivity index is 1.88. The van der Waals surface area contributed by atoms with Crippen LogP contribution in [-0.2, 0) is 13.1 Å². The Morgan fingerprint density at radius 2 is 2.05 bits per heavy atom. The van der Waals surface area contributed by atoms with Gasteiger partial charge in [0, 0.05) is 30.9 Å². The molecule has 1 N–H and O–H groups in total. The molecule has 0 aliphatic carbocycles. The van der Waals surface area contributed by atoms with Crippen LogP contribution in [0.3, 0.4) is 0 Å². The van der Waals surface area contributed by atoms with Crippen LogP contribution < -0.4 is 5.32 Å². The quantitative estimate of drug-likeness (QED) is 0.864. The zero-order valence-electron chi connectivity index (χ0n) is 11.4. The zero-order valence-corrected chi connectivity index (χ0v) is 11.4. The molecule has 0 aliphatic heterocycles. The van der Waals surface area contributed by atoms with Gasteiger partial charge in [-0.2, -0.15) is 5.10 Å². The van der Waals surface area contributed by atoms with Crippen molar-refractivity contribution in [3.63, 3.8) is 0 Å². The van der Waals surface area contributed by atoms with Gasteiger partial charge in [0.15, 0.2) is 0 Å². The fraction of sp³-hybridized carbons (Fsp3) is 0.400. The zero-order chi connectivity index (χ0) is 13.7. The highest BCUT2D eigenvalue weighted by molar-refractivity contribution is 5.19. The highest BCUT2D eigenvalue weighted by atomic mass is 19.1. The van der Waals surface area contributed by atoms with Gasteiger partial charge < -0.3 is 5.32 Å². The topological polar surface area (TPSA) is 29.9 Å². The van der Waals surface area contributed by atoms with Gasteiger partial charge in [0.1, 0.15) is 5.82 Å². The third-order valence-electron chi connectivity index (χ3n) is 3.12. The number of halogens is 1. The van der Waals surface area contributed by atoms with Gasteiger partial charge in [0.25, 0.3) is 0 Å². The lowest BCUT2D eigenvalue weighted by atomic mass is 10.1. The molecule has 1 heterocycles. The van der Waals surface area contributed by atoms with E-state index in [1.807, 2.05) is 23.0 Å². The van der Waals surface area contributed by atoms with Gasteiger partial charge in [0.05, 0.1) is 6.20 Å². The molecule has 0 amide bonds. The van der Waals surface area contributed by atoms with Gasteiger partial charge in [0.2, 0.25) is 0 Å². The first-order chi connectivity index (χ1) is 9.19. The molecule has 1 aromatic heterocycles. The normalized spacial score (nSPS) is 12.6. The molecular weight excluding hydrogens is 241 g/mol. The number of rotatable bonds is 6. The minimum atomic E-state index is -0.197. The molecule has 1 aromatic carbocycles. The minimum absolute atomic E-state index is 0.190. The summed E-state index contributed by atoms with van der Waals surface area (Å²) in [5, 5.41) is 7.71. The van der Waals surface area contributed by atoms with E-state index in [-0.39, 0.29) is 11.9 Å². The maximum absolute atomic E-state index is 12.8. The summed E-state index contributed by atoms with van der Waals surface area (Å²) in [6.45, 7) is 5.93. The molecule has 3 nitrogen and oxygen atoms in total. The van der Waals surface area contributed by atoms with Gasteiger partial charge in [-0.15, -0.1) is 0 Å². The average Bonchev–Trinajstić information content (AvgIpc) is 2.85. The summed E-state index contributed by atoms with van der Waals surface area (Å²) in [5.74, 6) is -0.197. The predicted octanol–water partition coefficient (Wildman–Crippen LogP) is 3.28. The fourth-order valence-corrected chi connectivity index (χ4v) is 1.99. The lowest BCUT2D eigenvalue weighted by Crippen LogP contribution is -2.17. The van der Waals surface area contributed by atoms with Crippen molar-refractivity contribution in [3.8, 4) is 0 Å². The van der Waals surface area contributed by atoms with Gasteiger partial charge in [-0.05, 0) is 31.0 Å². The molecule has 0 radical (unpaired) electrons. The Morgan fingerprint density at radius 3 is 2.74 bits per heavy atom. The number of nitrogens with one attached hydrogen (secondary N) is 1. The first kappa shape index (κ1) is 13.7. The summed E-state index contributed by atoms with van der Waals surface area (Å²) in [5.41, 5.74) is 2.25. The van der Waals surface area contributed by atoms with Crippen molar-refractivity contribution in [1.29, 1.82) is 0 Å². The van der Waals surface area contributed by atoms with Crippen LogP contribution in [0.1, 0.15) is 37.4 Å². The summed E-state index contributed by atoms with van der Waals surface area (Å²) >= 11 is 0. The van der Waals surface area contributed by atoms with Crippen LogP contribution in [0.2, 0.25) is 0 Å². The van der Waals surface area contributed by atoms with Crippen molar-refractivity contribution < 1.29 is 4.39 Å². The van der Waals surface area contributed by atoms with E-state index in [9.17, 15) is 4.39 Å². The molecule has 19 heavy (non-hydrogen) atoms. The van der Waals surface area contributed by atoms with Crippen molar-refractivity contribution >= 4 is 0 Å². The smallest absolute Gasteiger partial charge is 0.123 e. The molecular formula is C15H20FN3. The molecule has 102 valence electrons. The highest BCUT2D eigenvalue weighted by Gasteiger charge is 2.05. The third kappa shape index (κ3) is 3.89. The number of aromatic nitrogens is 2. The molecule has 4 heteroatoms. The lowest BCUT2D eigenvalue weighted by molar-refractivity contribution is 0.568. The van der Waals surface area contributed by atoms with Gasteiger partial charge in [-0.1, -0.05) is 19.1 Å². The maximum atomic E-state index is 12.8. The lowest BCUT2D eigenvalue weighted by Gasteiger charge is -2.13. The number of hydrogen-bond donors (Lipinski definition) is 1. The molecule has 0 bridgehead atoms. The van der Waals surface area contributed by atoms with Gasteiger partial charge in [-0.3, -0.25) is 4.68 Å². The standard InChI is InChI=1S/C15H20FN3/c1-3-8-19-11-13(10-18-19)9-17-12(2)14-4-6-15(16)7-5-14/h4-7,10-12,17H,3,8-9H2,1-2H3/t12-/m0/s1. The molecule has 0 saturated carbocycles. The molecule has 0 spiro atoms. The first-order valence-corrected chi connectivity index (χ1v) is 6.69. The summed E-state index contributed by atoms with van der Waals surface area (Å²) in [4.78, 5) is 0.